The quantitative estimate of drug-likeness (QED) is 0.838. The average Bonchev–Trinajstić information content (AvgIpc) is 2.63. The number of carbonyl (C=O) groups is 1. The largest absolute Gasteiger partial charge is 0.324 e. The fourth-order valence-corrected chi connectivity index (χ4v) is 2.42. The van der Waals surface area contributed by atoms with E-state index in [9.17, 15) is 4.79 Å². The molecule has 0 spiro atoms. The number of rotatable bonds is 5. The Morgan fingerprint density at radius 3 is 2.94 bits per heavy atom. The number of aryl methyl sites for hydroxylation is 1. The van der Waals surface area contributed by atoms with Gasteiger partial charge in [0.2, 0.25) is 5.91 Å². The maximum Gasteiger partial charge on any atom is 0.246 e. The third-order valence-electron chi connectivity index (χ3n) is 3.48. The van der Waals surface area contributed by atoms with Crippen LogP contribution in [-0.4, -0.2) is 11.9 Å². The Labute approximate surface area is 109 Å². The second-order valence-electron chi connectivity index (χ2n) is 5.22. The lowest BCUT2D eigenvalue weighted by atomic mass is 10.0. The van der Waals surface area contributed by atoms with Gasteiger partial charge in [-0.3, -0.25) is 10.1 Å². The van der Waals surface area contributed by atoms with Gasteiger partial charge in [0.25, 0.3) is 0 Å². The smallest absolute Gasteiger partial charge is 0.246 e. The zero-order valence-electron chi connectivity index (χ0n) is 11.4. The number of fused-ring (bicyclic) bond motifs is 1. The fourth-order valence-electron chi connectivity index (χ4n) is 2.42. The molecule has 0 fully saturated rings. The van der Waals surface area contributed by atoms with Crippen LogP contribution in [-0.2, 0) is 4.79 Å². The highest BCUT2D eigenvalue weighted by atomic mass is 16.2. The summed E-state index contributed by atoms with van der Waals surface area (Å²) in [6.07, 6.45) is 3.50. The average molecular weight is 246 g/mol. The Balaban J connectivity index is 2.10. The molecule has 0 saturated carbocycles. The van der Waals surface area contributed by atoms with Crippen LogP contribution >= 0.6 is 0 Å². The number of hydrogen-bond donors (Lipinski definition) is 2. The van der Waals surface area contributed by atoms with E-state index in [0.717, 1.165) is 17.7 Å². The second-order valence-corrected chi connectivity index (χ2v) is 5.22. The molecule has 1 aromatic carbocycles. The summed E-state index contributed by atoms with van der Waals surface area (Å²) in [5.41, 5.74) is 3.23. The zero-order valence-corrected chi connectivity index (χ0v) is 11.4. The number of hydrogen-bond acceptors (Lipinski definition) is 2. The molecule has 1 aromatic rings. The summed E-state index contributed by atoms with van der Waals surface area (Å²) in [7, 11) is 0. The van der Waals surface area contributed by atoms with Crippen molar-refractivity contribution in [2.24, 2.45) is 0 Å². The van der Waals surface area contributed by atoms with Crippen LogP contribution in [0.1, 0.15) is 50.3 Å². The van der Waals surface area contributed by atoms with Gasteiger partial charge in [-0.1, -0.05) is 37.5 Å². The first-order chi connectivity index (χ1) is 8.61. The van der Waals surface area contributed by atoms with Gasteiger partial charge in [0.15, 0.2) is 0 Å². The molecular weight excluding hydrogens is 224 g/mol. The van der Waals surface area contributed by atoms with Crippen molar-refractivity contribution in [2.45, 2.75) is 52.1 Å². The summed E-state index contributed by atoms with van der Waals surface area (Å²) in [4.78, 5) is 12.0. The molecule has 1 heterocycles. The maximum atomic E-state index is 12.0. The summed E-state index contributed by atoms with van der Waals surface area (Å²) in [6, 6.07) is 6.29. The van der Waals surface area contributed by atoms with E-state index in [2.05, 4.69) is 37.5 Å². The Morgan fingerprint density at radius 1 is 1.44 bits per heavy atom. The molecule has 0 radical (unpaired) electrons. The molecule has 2 atom stereocenters. The SMILES string of the molecule is CCCCC(C)NC1C(=O)Nc2ccc(C)cc21. The summed E-state index contributed by atoms with van der Waals surface area (Å²) < 4.78 is 0. The highest BCUT2D eigenvalue weighted by Crippen LogP contribution is 2.31. The summed E-state index contributed by atoms with van der Waals surface area (Å²) >= 11 is 0. The first kappa shape index (κ1) is 13.1. The zero-order chi connectivity index (χ0) is 13.1. The predicted octanol–water partition coefficient (Wildman–Crippen LogP) is 3.16. The van der Waals surface area contributed by atoms with Crippen molar-refractivity contribution in [2.75, 3.05) is 5.32 Å². The molecule has 0 aliphatic carbocycles. The minimum atomic E-state index is -0.188. The monoisotopic (exact) mass is 246 g/mol. The van der Waals surface area contributed by atoms with Gasteiger partial charge in [-0.25, -0.2) is 0 Å². The summed E-state index contributed by atoms with van der Waals surface area (Å²) in [5.74, 6) is 0.0685. The van der Waals surface area contributed by atoms with Crippen molar-refractivity contribution in [3.8, 4) is 0 Å². The number of carbonyl (C=O) groups excluding carboxylic acids is 1. The van der Waals surface area contributed by atoms with E-state index in [1.165, 1.54) is 18.4 Å². The van der Waals surface area contributed by atoms with E-state index in [1.807, 2.05) is 12.1 Å². The van der Waals surface area contributed by atoms with Gasteiger partial charge in [0, 0.05) is 17.3 Å². The minimum Gasteiger partial charge on any atom is -0.324 e. The number of amides is 1. The third-order valence-corrected chi connectivity index (χ3v) is 3.48. The lowest BCUT2D eigenvalue weighted by Crippen LogP contribution is -2.34. The Morgan fingerprint density at radius 2 is 2.22 bits per heavy atom. The molecule has 18 heavy (non-hydrogen) atoms. The first-order valence-corrected chi connectivity index (χ1v) is 6.79. The van der Waals surface area contributed by atoms with Gasteiger partial charge in [0.05, 0.1) is 0 Å². The maximum absolute atomic E-state index is 12.0. The molecule has 3 nitrogen and oxygen atoms in total. The molecule has 2 rings (SSSR count). The van der Waals surface area contributed by atoms with Crippen LogP contribution < -0.4 is 10.6 Å². The van der Waals surface area contributed by atoms with E-state index in [4.69, 9.17) is 0 Å². The lowest BCUT2D eigenvalue weighted by molar-refractivity contribution is -0.117. The number of unbranched alkanes of at least 4 members (excludes halogenated alkanes) is 1. The Hall–Kier alpha value is -1.35. The van der Waals surface area contributed by atoms with E-state index >= 15 is 0 Å². The van der Waals surface area contributed by atoms with Crippen molar-refractivity contribution in [3.63, 3.8) is 0 Å². The summed E-state index contributed by atoms with van der Waals surface area (Å²) in [6.45, 7) is 6.39. The van der Waals surface area contributed by atoms with E-state index in [1.54, 1.807) is 0 Å². The van der Waals surface area contributed by atoms with Crippen molar-refractivity contribution >= 4 is 11.6 Å². The van der Waals surface area contributed by atoms with Crippen LogP contribution in [0.5, 0.6) is 0 Å². The van der Waals surface area contributed by atoms with E-state index < -0.39 is 0 Å². The molecule has 2 N–H and O–H groups in total. The second kappa shape index (κ2) is 5.53. The minimum absolute atomic E-state index is 0.0685. The van der Waals surface area contributed by atoms with Crippen molar-refractivity contribution < 1.29 is 4.79 Å². The molecule has 0 aromatic heterocycles. The topological polar surface area (TPSA) is 41.1 Å². The molecule has 1 aliphatic rings. The molecule has 2 unspecified atom stereocenters. The van der Waals surface area contributed by atoms with Gasteiger partial charge in [-0.2, -0.15) is 0 Å². The van der Waals surface area contributed by atoms with E-state index in [-0.39, 0.29) is 11.9 Å². The van der Waals surface area contributed by atoms with E-state index in [0.29, 0.717) is 6.04 Å². The highest BCUT2D eigenvalue weighted by Gasteiger charge is 2.30. The van der Waals surface area contributed by atoms with Gasteiger partial charge in [-0.05, 0) is 26.3 Å². The Kier molecular flexibility index (Phi) is 4.02. The number of nitrogens with one attached hydrogen (secondary N) is 2. The molecule has 98 valence electrons. The van der Waals surface area contributed by atoms with Crippen LogP contribution in [0.4, 0.5) is 5.69 Å². The Bertz CT molecular complexity index is 442. The normalized spacial score (nSPS) is 19.5. The fraction of sp³-hybridized carbons (Fsp3) is 0.533. The third kappa shape index (κ3) is 2.72. The molecule has 0 saturated heterocycles. The van der Waals surface area contributed by atoms with Crippen molar-refractivity contribution in [3.05, 3.63) is 29.3 Å². The van der Waals surface area contributed by atoms with Crippen LogP contribution in [0.2, 0.25) is 0 Å². The summed E-state index contributed by atoms with van der Waals surface area (Å²) in [5, 5.41) is 6.37. The standard InChI is InChI=1S/C15H22N2O/c1-4-5-6-11(3)16-14-12-9-10(2)7-8-13(12)17-15(14)18/h7-9,11,14,16H,4-6H2,1-3H3,(H,17,18). The molecule has 1 amide bonds. The highest BCUT2D eigenvalue weighted by molar-refractivity contribution is 6.02. The first-order valence-electron chi connectivity index (χ1n) is 6.79. The van der Waals surface area contributed by atoms with Gasteiger partial charge in [0.1, 0.15) is 6.04 Å². The van der Waals surface area contributed by atoms with Gasteiger partial charge >= 0.3 is 0 Å². The number of anilines is 1. The molecule has 1 aliphatic heterocycles. The van der Waals surface area contributed by atoms with Gasteiger partial charge in [-0.15, -0.1) is 0 Å². The predicted molar refractivity (Wildman–Crippen MR) is 74.7 cm³/mol. The number of benzene rings is 1. The van der Waals surface area contributed by atoms with Crippen LogP contribution in [0.15, 0.2) is 18.2 Å². The van der Waals surface area contributed by atoms with Crippen LogP contribution in [0, 0.1) is 6.92 Å². The van der Waals surface area contributed by atoms with Crippen LogP contribution in [0.25, 0.3) is 0 Å². The van der Waals surface area contributed by atoms with Crippen molar-refractivity contribution in [1.29, 1.82) is 0 Å². The molecular formula is C15H22N2O. The van der Waals surface area contributed by atoms with Gasteiger partial charge < -0.3 is 5.32 Å². The molecule has 3 heteroatoms. The van der Waals surface area contributed by atoms with Crippen LogP contribution in [0.3, 0.4) is 0 Å². The van der Waals surface area contributed by atoms with Crippen molar-refractivity contribution in [1.82, 2.24) is 5.32 Å². The molecule has 0 bridgehead atoms. The lowest BCUT2D eigenvalue weighted by Gasteiger charge is -2.18.